The molecule has 1 N–H and O–H groups in total. The van der Waals surface area contributed by atoms with Gasteiger partial charge >= 0.3 is 0 Å². The van der Waals surface area contributed by atoms with Gasteiger partial charge in [-0.3, -0.25) is 4.79 Å². The second kappa shape index (κ2) is 8.79. The summed E-state index contributed by atoms with van der Waals surface area (Å²) in [5.41, 5.74) is 0.306. The van der Waals surface area contributed by atoms with Crippen LogP contribution in [0.5, 0.6) is 5.75 Å². The predicted octanol–water partition coefficient (Wildman–Crippen LogP) is 2.82. The summed E-state index contributed by atoms with van der Waals surface area (Å²) in [6.45, 7) is 12.0. The van der Waals surface area contributed by atoms with Crippen LogP contribution < -0.4 is 10.1 Å². The van der Waals surface area contributed by atoms with E-state index in [0.29, 0.717) is 6.54 Å². The Hall–Kier alpha value is -1.55. The summed E-state index contributed by atoms with van der Waals surface area (Å²) in [5.74, 6) is 0.794. The van der Waals surface area contributed by atoms with Crippen molar-refractivity contribution in [1.29, 1.82) is 0 Å². The largest absolute Gasteiger partial charge is 0.496 e. The summed E-state index contributed by atoms with van der Waals surface area (Å²) in [6.07, 6.45) is 0.968. The van der Waals surface area contributed by atoms with Gasteiger partial charge in [0.2, 0.25) is 5.91 Å². The molecule has 22 heavy (non-hydrogen) atoms. The maximum absolute atomic E-state index is 12.5. The molecule has 0 aromatic heterocycles. The number of rotatable bonds is 9. The lowest BCUT2D eigenvalue weighted by Crippen LogP contribution is -2.41. The van der Waals surface area contributed by atoms with E-state index >= 15 is 0 Å². The molecule has 0 radical (unpaired) electrons. The number of hydrogen-bond donors (Lipinski definition) is 1. The fourth-order valence-corrected chi connectivity index (χ4v) is 2.55. The molecule has 0 spiro atoms. The highest BCUT2D eigenvalue weighted by Crippen LogP contribution is 2.31. The lowest BCUT2D eigenvalue weighted by molar-refractivity contribution is -0.125. The monoisotopic (exact) mass is 306 g/mol. The van der Waals surface area contributed by atoms with Crippen LogP contribution in [-0.4, -0.2) is 44.1 Å². The Bertz CT molecular complexity index is 468. The number of carbonyl (C=O) groups excluding carboxylic acids is 1. The van der Waals surface area contributed by atoms with Crippen LogP contribution in [0.15, 0.2) is 24.3 Å². The fraction of sp³-hybridized carbons (Fsp3) is 0.611. The number of nitrogens with zero attached hydrogens (tertiary/aromatic N) is 1. The van der Waals surface area contributed by atoms with Crippen LogP contribution in [-0.2, 0) is 10.2 Å². The van der Waals surface area contributed by atoms with Gasteiger partial charge in [-0.15, -0.1) is 0 Å². The van der Waals surface area contributed by atoms with E-state index in [-0.39, 0.29) is 5.91 Å². The third-order valence-corrected chi connectivity index (χ3v) is 4.18. The molecule has 0 aliphatic carbocycles. The number of hydrogen-bond acceptors (Lipinski definition) is 3. The van der Waals surface area contributed by atoms with Crippen molar-refractivity contribution in [2.45, 2.75) is 39.5 Å². The van der Waals surface area contributed by atoms with Crippen molar-refractivity contribution in [3.63, 3.8) is 0 Å². The third-order valence-electron chi connectivity index (χ3n) is 4.18. The first kappa shape index (κ1) is 18.5. The number of amides is 1. The first-order chi connectivity index (χ1) is 10.5. The van der Waals surface area contributed by atoms with Crippen LogP contribution in [0.25, 0.3) is 0 Å². The molecule has 4 heteroatoms. The second-order valence-electron chi connectivity index (χ2n) is 5.96. The summed E-state index contributed by atoms with van der Waals surface area (Å²) >= 11 is 0. The zero-order valence-electron chi connectivity index (χ0n) is 14.6. The number of carbonyl (C=O) groups is 1. The van der Waals surface area contributed by atoms with Gasteiger partial charge in [0.15, 0.2) is 0 Å². The molecule has 124 valence electrons. The van der Waals surface area contributed by atoms with E-state index in [9.17, 15) is 4.79 Å². The quantitative estimate of drug-likeness (QED) is 0.713. The van der Waals surface area contributed by atoms with E-state index in [2.05, 4.69) is 24.1 Å². The Balaban J connectivity index is 2.60. The molecule has 0 aliphatic rings. The van der Waals surface area contributed by atoms with Crippen LogP contribution in [0.4, 0.5) is 0 Å². The van der Waals surface area contributed by atoms with Crippen molar-refractivity contribution in [2.24, 2.45) is 0 Å². The minimum atomic E-state index is -0.609. The standard InChI is InChI=1S/C18H30N2O2/c1-6-20(7-2)14-10-13-19-17(21)18(3,4)15-11-8-9-12-16(15)22-5/h8-9,11-12H,6-7,10,13-14H2,1-5H3,(H,19,21). The highest BCUT2D eigenvalue weighted by molar-refractivity contribution is 5.88. The Morgan fingerprint density at radius 2 is 1.86 bits per heavy atom. The molecule has 0 heterocycles. The molecule has 4 nitrogen and oxygen atoms in total. The molecule has 1 aromatic rings. The minimum absolute atomic E-state index is 0.0385. The van der Waals surface area contributed by atoms with Crippen LogP contribution in [0.3, 0.4) is 0 Å². The minimum Gasteiger partial charge on any atom is -0.496 e. The summed E-state index contributed by atoms with van der Waals surface area (Å²) in [5, 5.41) is 3.06. The summed E-state index contributed by atoms with van der Waals surface area (Å²) in [6, 6.07) is 7.70. The van der Waals surface area contributed by atoms with E-state index in [1.165, 1.54) is 0 Å². The van der Waals surface area contributed by atoms with E-state index in [4.69, 9.17) is 4.74 Å². The van der Waals surface area contributed by atoms with Crippen molar-refractivity contribution in [1.82, 2.24) is 10.2 Å². The van der Waals surface area contributed by atoms with Gasteiger partial charge in [-0.1, -0.05) is 32.0 Å². The summed E-state index contributed by atoms with van der Waals surface area (Å²) in [7, 11) is 1.64. The molecule has 1 rings (SSSR count). The molecular weight excluding hydrogens is 276 g/mol. The highest BCUT2D eigenvalue weighted by Gasteiger charge is 2.32. The van der Waals surface area contributed by atoms with Crippen LogP contribution in [0, 0.1) is 0 Å². The first-order valence-corrected chi connectivity index (χ1v) is 8.11. The molecule has 0 fully saturated rings. The third kappa shape index (κ3) is 4.73. The van der Waals surface area contributed by atoms with Gasteiger partial charge in [0.1, 0.15) is 5.75 Å². The summed E-state index contributed by atoms with van der Waals surface area (Å²) < 4.78 is 5.38. The van der Waals surface area contributed by atoms with Crippen LogP contribution in [0.2, 0.25) is 0 Å². The van der Waals surface area contributed by atoms with E-state index in [0.717, 1.165) is 37.4 Å². The van der Waals surface area contributed by atoms with Crippen LogP contribution in [0.1, 0.15) is 39.7 Å². The number of ether oxygens (including phenoxy) is 1. The Morgan fingerprint density at radius 1 is 1.23 bits per heavy atom. The van der Waals surface area contributed by atoms with Crippen molar-refractivity contribution < 1.29 is 9.53 Å². The fourth-order valence-electron chi connectivity index (χ4n) is 2.55. The Labute approximate surface area is 134 Å². The Morgan fingerprint density at radius 3 is 2.45 bits per heavy atom. The first-order valence-electron chi connectivity index (χ1n) is 8.11. The molecule has 0 bridgehead atoms. The number of nitrogens with one attached hydrogen (secondary N) is 1. The number of benzene rings is 1. The molecule has 1 aromatic carbocycles. The lowest BCUT2D eigenvalue weighted by Gasteiger charge is -2.26. The van der Waals surface area contributed by atoms with Gasteiger partial charge in [-0.05, 0) is 46.0 Å². The molecule has 0 saturated carbocycles. The van der Waals surface area contributed by atoms with Crippen LogP contribution >= 0.6 is 0 Å². The Kier molecular flexibility index (Phi) is 7.39. The average Bonchev–Trinajstić information content (AvgIpc) is 2.54. The molecule has 0 unspecified atom stereocenters. The molecule has 1 amide bonds. The van der Waals surface area contributed by atoms with Gasteiger partial charge in [0.25, 0.3) is 0 Å². The van der Waals surface area contributed by atoms with Crippen molar-refractivity contribution in [3.05, 3.63) is 29.8 Å². The number of para-hydroxylation sites is 1. The molecule has 0 atom stereocenters. The van der Waals surface area contributed by atoms with E-state index in [1.807, 2.05) is 38.1 Å². The van der Waals surface area contributed by atoms with Gasteiger partial charge in [-0.2, -0.15) is 0 Å². The topological polar surface area (TPSA) is 41.6 Å². The number of methoxy groups -OCH3 is 1. The average molecular weight is 306 g/mol. The maximum atomic E-state index is 12.5. The SMILES string of the molecule is CCN(CC)CCCNC(=O)C(C)(C)c1ccccc1OC. The van der Waals surface area contributed by atoms with Gasteiger partial charge < -0.3 is 15.0 Å². The van der Waals surface area contributed by atoms with Gasteiger partial charge in [0, 0.05) is 12.1 Å². The van der Waals surface area contributed by atoms with E-state index < -0.39 is 5.41 Å². The van der Waals surface area contributed by atoms with Gasteiger partial charge in [0.05, 0.1) is 12.5 Å². The molecule has 0 aliphatic heterocycles. The zero-order valence-corrected chi connectivity index (χ0v) is 14.6. The van der Waals surface area contributed by atoms with Crippen molar-refractivity contribution in [2.75, 3.05) is 33.3 Å². The maximum Gasteiger partial charge on any atom is 0.230 e. The van der Waals surface area contributed by atoms with Crippen molar-refractivity contribution >= 4 is 5.91 Å². The normalized spacial score (nSPS) is 11.5. The van der Waals surface area contributed by atoms with Crippen molar-refractivity contribution in [3.8, 4) is 5.75 Å². The molecular formula is C18H30N2O2. The lowest BCUT2D eigenvalue weighted by atomic mass is 9.83. The summed E-state index contributed by atoms with van der Waals surface area (Å²) in [4.78, 5) is 14.9. The van der Waals surface area contributed by atoms with Gasteiger partial charge in [-0.25, -0.2) is 0 Å². The second-order valence-corrected chi connectivity index (χ2v) is 5.96. The highest BCUT2D eigenvalue weighted by atomic mass is 16.5. The molecule has 0 saturated heterocycles. The smallest absolute Gasteiger partial charge is 0.230 e. The predicted molar refractivity (Wildman–Crippen MR) is 91.4 cm³/mol. The zero-order chi connectivity index (χ0) is 16.6. The van der Waals surface area contributed by atoms with E-state index in [1.54, 1.807) is 7.11 Å².